The minimum atomic E-state index is -3.62. The van der Waals surface area contributed by atoms with E-state index < -0.39 is 10.0 Å². The molecule has 4 unspecified atom stereocenters. The maximum absolute atomic E-state index is 13.3. The first-order chi connectivity index (χ1) is 15.9. The highest BCUT2D eigenvalue weighted by Crippen LogP contribution is 2.77. The minimum absolute atomic E-state index is 0.0148. The normalized spacial score (nSPS) is 39.1. The summed E-state index contributed by atoms with van der Waals surface area (Å²) in [6, 6.07) is 6.20. The average Bonchev–Trinajstić information content (AvgIpc) is 3.13. The van der Waals surface area contributed by atoms with Crippen LogP contribution in [0.5, 0.6) is 5.75 Å². The lowest BCUT2D eigenvalue weighted by Crippen LogP contribution is -2.68. The first-order valence-corrected chi connectivity index (χ1v) is 14.0. The molecule has 5 fully saturated rings. The molecule has 4 aliphatic carbocycles. The van der Waals surface area contributed by atoms with Crippen LogP contribution < -0.4 is 15.4 Å². The van der Waals surface area contributed by atoms with E-state index in [4.69, 9.17) is 4.74 Å². The molecule has 5 aliphatic rings. The molecule has 8 heteroatoms. The molecule has 4 saturated carbocycles. The number of hydrogen-bond donors (Lipinski definition) is 2. The first kappa shape index (κ1) is 21.7. The minimum Gasteiger partial charge on any atom is -0.497 e. The summed E-state index contributed by atoms with van der Waals surface area (Å²) in [4.78, 5) is 13.3. The molecule has 3 bridgehead atoms. The van der Waals surface area contributed by atoms with Gasteiger partial charge < -0.3 is 15.4 Å². The summed E-state index contributed by atoms with van der Waals surface area (Å²) in [5.74, 6) is 3.09. The van der Waals surface area contributed by atoms with Gasteiger partial charge in [0.15, 0.2) is 0 Å². The Morgan fingerprint density at radius 1 is 1.09 bits per heavy atom. The molecule has 1 saturated heterocycles. The summed E-state index contributed by atoms with van der Waals surface area (Å²) in [6.07, 6.45) is 10.1. The Labute approximate surface area is 196 Å². The van der Waals surface area contributed by atoms with Crippen LogP contribution in [-0.4, -0.2) is 50.5 Å². The van der Waals surface area contributed by atoms with Gasteiger partial charge >= 0.3 is 6.03 Å². The zero-order chi connectivity index (χ0) is 22.8. The Kier molecular flexibility index (Phi) is 5.00. The smallest absolute Gasteiger partial charge is 0.315 e. The van der Waals surface area contributed by atoms with E-state index in [1.165, 1.54) is 25.7 Å². The van der Waals surface area contributed by atoms with Crippen LogP contribution in [0.25, 0.3) is 0 Å². The van der Waals surface area contributed by atoms with E-state index in [0.29, 0.717) is 24.3 Å². The molecule has 2 N–H and O–H groups in total. The first-order valence-electron chi connectivity index (χ1n) is 12.6. The van der Waals surface area contributed by atoms with Crippen molar-refractivity contribution < 1.29 is 17.9 Å². The van der Waals surface area contributed by atoms with Crippen molar-refractivity contribution in [2.45, 2.75) is 74.3 Å². The monoisotopic (exact) mass is 473 g/mol. The Hall–Kier alpha value is -1.80. The highest BCUT2D eigenvalue weighted by Gasteiger charge is 2.74. The summed E-state index contributed by atoms with van der Waals surface area (Å²) in [5, 5.41) is 6.48. The molecule has 1 spiro atoms. The standard InChI is InChI=1S/C25H35N3O4S/c1-32-21-5-7-22(8-6-21)33(30,31)28-9-3-2-4-20(28)16-26-23(29)27-25-14-18-10-17-11-19(15-25)24(25,12-17)13-18/h5-8,17-20H,2-4,9-16H2,1H3,(H2,26,27,29)/t17?,18-,19?,20?,24?,25-/m1/s1. The van der Waals surface area contributed by atoms with Crippen LogP contribution in [0.4, 0.5) is 4.79 Å². The molecule has 0 radical (unpaired) electrons. The van der Waals surface area contributed by atoms with Crippen molar-refractivity contribution in [3.05, 3.63) is 24.3 Å². The number of carbonyl (C=O) groups is 1. The van der Waals surface area contributed by atoms with Crippen LogP contribution in [0.1, 0.15) is 57.8 Å². The number of nitrogens with one attached hydrogen (secondary N) is 2. The van der Waals surface area contributed by atoms with Gasteiger partial charge in [0.1, 0.15) is 5.75 Å². The third-order valence-electron chi connectivity index (χ3n) is 9.65. The molecule has 1 aromatic rings. The summed E-state index contributed by atoms with van der Waals surface area (Å²) >= 11 is 0. The maximum atomic E-state index is 13.3. The number of amides is 2. The van der Waals surface area contributed by atoms with Crippen LogP contribution in [0.3, 0.4) is 0 Å². The van der Waals surface area contributed by atoms with Crippen LogP contribution in [-0.2, 0) is 10.0 Å². The molecule has 6 rings (SSSR count). The molecule has 6 atom stereocenters. The number of hydrogen-bond acceptors (Lipinski definition) is 4. The van der Waals surface area contributed by atoms with Crippen molar-refractivity contribution >= 4 is 16.1 Å². The number of urea groups is 1. The molecular weight excluding hydrogens is 438 g/mol. The van der Waals surface area contributed by atoms with Gasteiger partial charge in [-0.3, -0.25) is 0 Å². The predicted molar refractivity (Wildman–Crippen MR) is 124 cm³/mol. The predicted octanol–water partition coefficient (Wildman–Crippen LogP) is 3.51. The highest BCUT2D eigenvalue weighted by molar-refractivity contribution is 7.89. The van der Waals surface area contributed by atoms with Gasteiger partial charge in [-0.25, -0.2) is 13.2 Å². The fourth-order valence-electron chi connectivity index (χ4n) is 8.46. The number of nitrogens with zero attached hydrogens (tertiary/aromatic N) is 1. The fraction of sp³-hybridized carbons (Fsp3) is 0.720. The van der Waals surface area contributed by atoms with Gasteiger partial charge in [0, 0.05) is 24.7 Å². The molecule has 33 heavy (non-hydrogen) atoms. The zero-order valence-corrected chi connectivity index (χ0v) is 20.2. The second-order valence-electron chi connectivity index (χ2n) is 11.2. The van der Waals surface area contributed by atoms with Crippen molar-refractivity contribution in [1.82, 2.24) is 14.9 Å². The fourth-order valence-corrected chi connectivity index (χ4v) is 10.1. The topological polar surface area (TPSA) is 87.7 Å². The van der Waals surface area contributed by atoms with Gasteiger partial charge in [-0.05, 0) is 98.8 Å². The Balaban J connectivity index is 1.12. The van der Waals surface area contributed by atoms with E-state index in [2.05, 4.69) is 10.6 Å². The van der Waals surface area contributed by atoms with E-state index in [9.17, 15) is 13.2 Å². The summed E-state index contributed by atoms with van der Waals surface area (Å²) in [5.41, 5.74) is 0.339. The van der Waals surface area contributed by atoms with Crippen molar-refractivity contribution in [3.8, 4) is 5.75 Å². The molecule has 2 amide bonds. The van der Waals surface area contributed by atoms with Gasteiger partial charge in [0.2, 0.25) is 10.0 Å². The van der Waals surface area contributed by atoms with Crippen LogP contribution in [0, 0.1) is 23.2 Å². The van der Waals surface area contributed by atoms with E-state index >= 15 is 0 Å². The van der Waals surface area contributed by atoms with E-state index in [-0.39, 0.29) is 22.5 Å². The Morgan fingerprint density at radius 3 is 2.67 bits per heavy atom. The number of sulfonamides is 1. The molecule has 1 aliphatic heterocycles. The van der Waals surface area contributed by atoms with E-state index in [1.807, 2.05) is 0 Å². The third kappa shape index (κ3) is 3.23. The number of piperidine rings is 1. The summed E-state index contributed by atoms with van der Waals surface area (Å²) < 4.78 is 33.4. The van der Waals surface area contributed by atoms with Gasteiger partial charge in [-0.15, -0.1) is 0 Å². The summed E-state index contributed by atoms with van der Waals surface area (Å²) in [7, 11) is -2.06. The lowest BCUT2D eigenvalue weighted by molar-refractivity contribution is -0.0457. The SMILES string of the molecule is COc1ccc(S(=O)(=O)N2CCCCC2CNC(=O)N[C@]23CC4CC5C[C@H](CC42C5)C3)cc1. The second kappa shape index (κ2) is 7.60. The lowest BCUT2D eigenvalue weighted by Gasteiger charge is -2.59. The molecular formula is C25H35N3O4S. The van der Waals surface area contributed by atoms with Crippen LogP contribution >= 0.6 is 0 Å². The van der Waals surface area contributed by atoms with Crippen molar-refractivity contribution in [2.75, 3.05) is 20.2 Å². The number of rotatable bonds is 6. The third-order valence-corrected chi connectivity index (χ3v) is 11.6. The number of carbonyl (C=O) groups excluding carboxylic acids is 1. The molecule has 7 nitrogen and oxygen atoms in total. The van der Waals surface area contributed by atoms with E-state index in [0.717, 1.165) is 49.9 Å². The highest BCUT2D eigenvalue weighted by atomic mass is 32.2. The number of methoxy groups -OCH3 is 1. The molecule has 1 heterocycles. The molecule has 0 aromatic heterocycles. The average molecular weight is 474 g/mol. The zero-order valence-electron chi connectivity index (χ0n) is 19.4. The van der Waals surface area contributed by atoms with Crippen LogP contribution in [0.2, 0.25) is 0 Å². The molecule has 180 valence electrons. The largest absolute Gasteiger partial charge is 0.497 e. The second-order valence-corrected chi connectivity index (χ2v) is 13.1. The Bertz CT molecular complexity index is 1040. The van der Waals surface area contributed by atoms with Crippen molar-refractivity contribution in [3.63, 3.8) is 0 Å². The lowest BCUT2D eigenvalue weighted by atomic mass is 9.51. The summed E-state index contributed by atoms with van der Waals surface area (Å²) in [6.45, 7) is 0.833. The van der Waals surface area contributed by atoms with Crippen molar-refractivity contribution in [2.24, 2.45) is 23.2 Å². The number of benzene rings is 1. The molecule has 1 aromatic carbocycles. The van der Waals surface area contributed by atoms with Gasteiger partial charge in [-0.1, -0.05) is 6.42 Å². The number of fused-ring (bicyclic) bond motifs is 2. The van der Waals surface area contributed by atoms with Gasteiger partial charge in [0.25, 0.3) is 0 Å². The van der Waals surface area contributed by atoms with E-state index in [1.54, 1.807) is 35.7 Å². The number of ether oxygens (including phenoxy) is 1. The maximum Gasteiger partial charge on any atom is 0.315 e. The van der Waals surface area contributed by atoms with Crippen molar-refractivity contribution in [1.29, 1.82) is 0 Å². The Morgan fingerprint density at radius 2 is 1.88 bits per heavy atom. The quantitative estimate of drug-likeness (QED) is 0.662. The van der Waals surface area contributed by atoms with Gasteiger partial charge in [-0.2, -0.15) is 4.31 Å². The van der Waals surface area contributed by atoms with Gasteiger partial charge in [0.05, 0.1) is 12.0 Å². The van der Waals surface area contributed by atoms with Crippen LogP contribution in [0.15, 0.2) is 29.2 Å².